The van der Waals surface area contributed by atoms with Crippen LogP contribution < -0.4 is 4.74 Å². The Kier molecular flexibility index (Phi) is 5.08. The summed E-state index contributed by atoms with van der Waals surface area (Å²) in [7, 11) is 1.58. The first-order valence-corrected chi connectivity index (χ1v) is 10.4. The Hall–Kier alpha value is -1.96. The maximum absolute atomic E-state index is 13.7. The maximum Gasteiger partial charge on any atom is 0.272 e. The zero-order valence-electron chi connectivity index (χ0n) is 13.1. The van der Waals surface area contributed by atoms with Crippen LogP contribution in [-0.4, -0.2) is 13.4 Å². The van der Waals surface area contributed by atoms with E-state index < -0.39 is 9.05 Å². The predicted molar refractivity (Wildman–Crippen MR) is 96.1 cm³/mol. The molecular formula is C17H13ClFNO3S2. The third-order valence-corrected chi connectivity index (χ3v) is 6.80. The van der Waals surface area contributed by atoms with Gasteiger partial charge in [0.1, 0.15) is 23.2 Å². The Balaban J connectivity index is 1.93. The molecule has 0 atom stereocenters. The van der Waals surface area contributed by atoms with Gasteiger partial charge in [-0.05, 0) is 25.1 Å². The van der Waals surface area contributed by atoms with Crippen molar-refractivity contribution in [2.75, 3.05) is 0 Å². The van der Waals surface area contributed by atoms with Gasteiger partial charge in [0.2, 0.25) is 0 Å². The van der Waals surface area contributed by atoms with E-state index in [-0.39, 0.29) is 16.6 Å². The molecule has 1 aromatic heterocycles. The van der Waals surface area contributed by atoms with E-state index >= 15 is 0 Å². The van der Waals surface area contributed by atoms with E-state index in [1.165, 1.54) is 6.07 Å². The molecule has 0 radical (unpaired) electrons. The molecule has 0 amide bonds. The summed E-state index contributed by atoms with van der Waals surface area (Å²) in [6.07, 6.45) is 0. The summed E-state index contributed by atoms with van der Waals surface area (Å²) in [5.74, 6) is 0.138. The lowest BCUT2D eigenvalue weighted by Crippen LogP contribution is -1.99. The van der Waals surface area contributed by atoms with Crippen LogP contribution in [-0.2, 0) is 15.7 Å². The molecule has 0 aliphatic carbocycles. The van der Waals surface area contributed by atoms with Crippen molar-refractivity contribution in [2.24, 2.45) is 0 Å². The van der Waals surface area contributed by atoms with Gasteiger partial charge in [0.15, 0.2) is 4.21 Å². The average Bonchev–Trinajstić information content (AvgIpc) is 2.96. The van der Waals surface area contributed by atoms with Crippen LogP contribution in [0.25, 0.3) is 10.6 Å². The van der Waals surface area contributed by atoms with Gasteiger partial charge in [0.25, 0.3) is 9.05 Å². The standard InChI is InChI=1S/C17H13ClFNO3S2/c1-11-17(25(18,21)22)24-16(20-11)13-7-3-5-9-15(13)23-10-12-6-2-4-8-14(12)19/h2-9H,10H2,1H3. The van der Waals surface area contributed by atoms with Crippen LogP contribution in [0.5, 0.6) is 5.75 Å². The first-order valence-electron chi connectivity index (χ1n) is 7.24. The van der Waals surface area contributed by atoms with E-state index in [0.717, 1.165) is 11.3 Å². The molecule has 4 nitrogen and oxygen atoms in total. The lowest BCUT2D eigenvalue weighted by Gasteiger charge is -2.10. The lowest BCUT2D eigenvalue weighted by molar-refractivity contribution is 0.301. The molecule has 1 heterocycles. The molecule has 130 valence electrons. The van der Waals surface area contributed by atoms with Crippen LogP contribution in [0, 0.1) is 12.7 Å². The molecule has 25 heavy (non-hydrogen) atoms. The predicted octanol–water partition coefficient (Wildman–Crippen LogP) is 4.76. The van der Waals surface area contributed by atoms with E-state index in [1.54, 1.807) is 49.4 Å². The summed E-state index contributed by atoms with van der Waals surface area (Å²) in [5.41, 5.74) is 1.38. The molecule has 3 rings (SSSR count). The summed E-state index contributed by atoms with van der Waals surface area (Å²) < 4.78 is 42.7. The summed E-state index contributed by atoms with van der Waals surface area (Å²) in [4.78, 5) is 4.28. The Morgan fingerprint density at radius 3 is 2.52 bits per heavy atom. The Bertz CT molecular complexity index is 1020. The van der Waals surface area contributed by atoms with Gasteiger partial charge in [0.05, 0.1) is 11.3 Å². The number of ether oxygens (including phenoxy) is 1. The number of benzene rings is 2. The van der Waals surface area contributed by atoms with Gasteiger partial charge < -0.3 is 4.74 Å². The number of para-hydroxylation sites is 1. The number of aryl methyl sites for hydroxylation is 1. The molecule has 0 saturated heterocycles. The monoisotopic (exact) mass is 397 g/mol. The van der Waals surface area contributed by atoms with Gasteiger partial charge in [-0.2, -0.15) is 0 Å². The Morgan fingerprint density at radius 2 is 1.84 bits per heavy atom. The molecule has 0 aliphatic heterocycles. The molecular weight excluding hydrogens is 385 g/mol. The number of hydrogen-bond acceptors (Lipinski definition) is 5. The number of thiazole rings is 1. The fourth-order valence-electron chi connectivity index (χ4n) is 2.26. The minimum Gasteiger partial charge on any atom is -0.488 e. The third-order valence-electron chi connectivity index (χ3n) is 3.43. The number of nitrogens with zero attached hydrogens (tertiary/aromatic N) is 1. The number of rotatable bonds is 5. The number of halogens is 2. The van der Waals surface area contributed by atoms with Crippen LogP contribution in [0.15, 0.2) is 52.7 Å². The van der Waals surface area contributed by atoms with Gasteiger partial charge in [-0.1, -0.05) is 30.3 Å². The fourth-order valence-corrected chi connectivity index (χ4v) is 4.75. The van der Waals surface area contributed by atoms with Crippen molar-refractivity contribution in [1.29, 1.82) is 0 Å². The highest BCUT2D eigenvalue weighted by Gasteiger charge is 2.21. The van der Waals surface area contributed by atoms with Crippen LogP contribution in [0.2, 0.25) is 0 Å². The van der Waals surface area contributed by atoms with Gasteiger partial charge in [0, 0.05) is 16.2 Å². The van der Waals surface area contributed by atoms with E-state index in [2.05, 4.69) is 4.98 Å². The Labute approximate surface area is 153 Å². The van der Waals surface area contributed by atoms with Crippen molar-refractivity contribution in [3.8, 4) is 16.3 Å². The van der Waals surface area contributed by atoms with Gasteiger partial charge >= 0.3 is 0 Å². The SMILES string of the molecule is Cc1nc(-c2ccccc2OCc2ccccc2F)sc1S(=O)(=O)Cl. The normalized spacial score (nSPS) is 11.5. The highest BCUT2D eigenvalue weighted by atomic mass is 35.7. The summed E-state index contributed by atoms with van der Waals surface area (Å²) >= 11 is 0.973. The second-order valence-corrected chi connectivity index (χ2v) is 8.97. The molecule has 0 unspecified atom stereocenters. The molecule has 0 N–H and O–H groups in total. The quantitative estimate of drug-likeness (QED) is 0.582. The average molecular weight is 398 g/mol. The highest BCUT2D eigenvalue weighted by Crippen LogP contribution is 2.37. The fraction of sp³-hybridized carbons (Fsp3) is 0.118. The molecule has 0 spiro atoms. The molecule has 0 bridgehead atoms. The van der Waals surface area contributed by atoms with Crippen molar-refractivity contribution in [1.82, 2.24) is 4.98 Å². The molecule has 0 fully saturated rings. The zero-order chi connectivity index (χ0) is 18.0. The topological polar surface area (TPSA) is 56.3 Å². The minimum absolute atomic E-state index is 0.00748. The van der Waals surface area contributed by atoms with Crippen molar-refractivity contribution in [2.45, 2.75) is 17.7 Å². The highest BCUT2D eigenvalue weighted by molar-refractivity contribution is 8.15. The lowest BCUT2D eigenvalue weighted by atomic mass is 10.2. The van der Waals surface area contributed by atoms with Gasteiger partial charge in [-0.15, -0.1) is 11.3 Å². The third kappa shape index (κ3) is 4.00. The molecule has 8 heteroatoms. The zero-order valence-corrected chi connectivity index (χ0v) is 15.5. The van der Waals surface area contributed by atoms with Crippen LogP contribution in [0.3, 0.4) is 0 Å². The van der Waals surface area contributed by atoms with Crippen LogP contribution in [0.4, 0.5) is 4.39 Å². The molecule has 0 aliphatic rings. The van der Waals surface area contributed by atoms with E-state index in [4.69, 9.17) is 15.4 Å². The van der Waals surface area contributed by atoms with Crippen molar-refractivity contribution in [3.63, 3.8) is 0 Å². The van der Waals surface area contributed by atoms with E-state index in [1.807, 2.05) is 0 Å². The van der Waals surface area contributed by atoms with Gasteiger partial charge in [-0.3, -0.25) is 0 Å². The Morgan fingerprint density at radius 1 is 1.16 bits per heavy atom. The van der Waals surface area contributed by atoms with E-state index in [0.29, 0.717) is 27.6 Å². The second kappa shape index (κ2) is 7.11. The van der Waals surface area contributed by atoms with E-state index in [9.17, 15) is 12.8 Å². The molecule has 0 saturated carbocycles. The minimum atomic E-state index is -3.86. The first kappa shape index (κ1) is 17.8. The van der Waals surface area contributed by atoms with Crippen molar-refractivity contribution in [3.05, 3.63) is 65.6 Å². The maximum atomic E-state index is 13.7. The summed E-state index contributed by atoms with van der Waals surface area (Å²) in [6.45, 7) is 1.63. The largest absolute Gasteiger partial charge is 0.488 e. The smallest absolute Gasteiger partial charge is 0.272 e. The first-order chi connectivity index (χ1) is 11.9. The van der Waals surface area contributed by atoms with Crippen molar-refractivity contribution < 1.29 is 17.5 Å². The molecule has 3 aromatic rings. The van der Waals surface area contributed by atoms with Gasteiger partial charge in [-0.25, -0.2) is 17.8 Å². The summed E-state index contributed by atoms with van der Waals surface area (Å²) in [5, 5.41) is 0.473. The van der Waals surface area contributed by atoms with Crippen molar-refractivity contribution >= 4 is 31.1 Å². The number of aromatic nitrogens is 1. The van der Waals surface area contributed by atoms with Crippen LogP contribution >= 0.6 is 22.0 Å². The molecule has 2 aromatic carbocycles. The number of hydrogen-bond donors (Lipinski definition) is 0. The van der Waals surface area contributed by atoms with Crippen LogP contribution in [0.1, 0.15) is 11.3 Å². The second-order valence-electron chi connectivity index (χ2n) is 5.21. The summed E-state index contributed by atoms with van der Waals surface area (Å²) in [6, 6.07) is 13.4.